The van der Waals surface area contributed by atoms with Crippen molar-refractivity contribution < 1.29 is 13.6 Å². The Bertz CT molecular complexity index is 1200. The van der Waals surface area contributed by atoms with Crippen LogP contribution in [0.4, 0.5) is 13.9 Å². The van der Waals surface area contributed by atoms with Gasteiger partial charge in [0.15, 0.2) is 16.8 Å². The average Bonchev–Trinajstić information content (AvgIpc) is 3.39. The van der Waals surface area contributed by atoms with Crippen molar-refractivity contribution in [3.63, 3.8) is 0 Å². The standard InChI is InChI=1S/C21H15F2N5OS/c22-17-8-6-15(10-18(17)23)19-13-30-21(24-19)25-20(29)9-7-16-12-28(27-26-16)11-14-4-2-1-3-5-14/h1-10,12-13H,11H2,(H,24,25,29)/b9-7+. The van der Waals surface area contributed by atoms with Gasteiger partial charge >= 0.3 is 0 Å². The molecule has 0 atom stereocenters. The molecule has 1 amide bonds. The van der Waals surface area contributed by atoms with Gasteiger partial charge in [-0.25, -0.2) is 18.4 Å². The largest absolute Gasteiger partial charge is 0.298 e. The number of amides is 1. The number of nitrogens with one attached hydrogen (secondary N) is 1. The molecule has 0 bridgehead atoms. The summed E-state index contributed by atoms with van der Waals surface area (Å²) in [5, 5.41) is 12.7. The SMILES string of the molecule is O=C(/C=C/c1cn(Cc2ccccc2)nn1)Nc1nc(-c2ccc(F)c(F)c2)cs1. The summed E-state index contributed by atoms with van der Waals surface area (Å²) in [6.45, 7) is 0.583. The number of benzene rings is 2. The number of rotatable bonds is 6. The van der Waals surface area contributed by atoms with Gasteiger partial charge in [-0.2, -0.15) is 0 Å². The third kappa shape index (κ3) is 4.81. The summed E-state index contributed by atoms with van der Waals surface area (Å²) in [6, 6.07) is 13.4. The summed E-state index contributed by atoms with van der Waals surface area (Å²) in [7, 11) is 0. The molecular weight excluding hydrogens is 408 g/mol. The lowest BCUT2D eigenvalue weighted by Crippen LogP contribution is -2.07. The van der Waals surface area contributed by atoms with Gasteiger partial charge in [0.25, 0.3) is 0 Å². The van der Waals surface area contributed by atoms with E-state index in [1.807, 2.05) is 30.3 Å². The van der Waals surface area contributed by atoms with E-state index in [0.29, 0.717) is 28.6 Å². The Morgan fingerprint density at radius 3 is 2.77 bits per heavy atom. The van der Waals surface area contributed by atoms with E-state index in [4.69, 9.17) is 0 Å². The Hall–Kier alpha value is -3.72. The maximum atomic E-state index is 13.4. The van der Waals surface area contributed by atoms with E-state index in [1.165, 1.54) is 23.5 Å². The first-order chi connectivity index (χ1) is 14.6. The molecule has 0 aliphatic carbocycles. The van der Waals surface area contributed by atoms with Gasteiger partial charge in [0.1, 0.15) is 5.69 Å². The first-order valence-corrected chi connectivity index (χ1v) is 9.79. The van der Waals surface area contributed by atoms with Crippen molar-refractivity contribution in [3.05, 3.63) is 89.1 Å². The molecule has 0 saturated heterocycles. The Morgan fingerprint density at radius 2 is 1.97 bits per heavy atom. The number of anilines is 1. The van der Waals surface area contributed by atoms with Gasteiger partial charge in [-0.3, -0.25) is 10.1 Å². The molecule has 0 spiro atoms. The van der Waals surface area contributed by atoms with Crippen molar-refractivity contribution in [2.75, 3.05) is 5.32 Å². The van der Waals surface area contributed by atoms with Gasteiger partial charge in [-0.05, 0) is 29.8 Å². The van der Waals surface area contributed by atoms with Crippen LogP contribution in [0, 0.1) is 11.6 Å². The van der Waals surface area contributed by atoms with Crippen LogP contribution in [0.3, 0.4) is 0 Å². The van der Waals surface area contributed by atoms with Gasteiger partial charge in [-0.15, -0.1) is 16.4 Å². The fourth-order valence-electron chi connectivity index (χ4n) is 2.66. The molecule has 0 aliphatic heterocycles. The minimum absolute atomic E-state index is 0.345. The van der Waals surface area contributed by atoms with Crippen LogP contribution in [0.5, 0.6) is 0 Å². The van der Waals surface area contributed by atoms with Crippen LogP contribution in [0.15, 0.2) is 66.2 Å². The molecule has 2 heterocycles. The monoisotopic (exact) mass is 423 g/mol. The predicted molar refractivity (Wildman–Crippen MR) is 111 cm³/mol. The molecule has 0 fully saturated rings. The molecule has 2 aromatic heterocycles. The van der Waals surface area contributed by atoms with E-state index in [0.717, 1.165) is 17.7 Å². The minimum Gasteiger partial charge on any atom is -0.298 e. The van der Waals surface area contributed by atoms with Crippen LogP contribution in [-0.2, 0) is 11.3 Å². The highest BCUT2D eigenvalue weighted by Crippen LogP contribution is 2.26. The lowest BCUT2D eigenvalue weighted by atomic mass is 10.2. The highest BCUT2D eigenvalue weighted by atomic mass is 32.1. The van der Waals surface area contributed by atoms with Crippen LogP contribution >= 0.6 is 11.3 Å². The van der Waals surface area contributed by atoms with Crippen LogP contribution in [0.1, 0.15) is 11.3 Å². The Kier molecular flexibility index (Phi) is 5.71. The van der Waals surface area contributed by atoms with Gasteiger partial charge in [-0.1, -0.05) is 35.5 Å². The third-order valence-electron chi connectivity index (χ3n) is 4.10. The highest BCUT2D eigenvalue weighted by Gasteiger charge is 2.09. The number of thiazole rings is 1. The minimum atomic E-state index is -0.950. The molecule has 0 saturated carbocycles. The van der Waals surface area contributed by atoms with E-state index >= 15 is 0 Å². The van der Waals surface area contributed by atoms with Crippen molar-refractivity contribution >= 4 is 28.5 Å². The molecule has 0 unspecified atom stereocenters. The fourth-order valence-corrected chi connectivity index (χ4v) is 3.39. The molecule has 4 rings (SSSR count). The first-order valence-electron chi connectivity index (χ1n) is 8.91. The lowest BCUT2D eigenvalue weighted by Gasteiger charge is -1.99. The molecule has 9 heteroatoms. The molecular formula is C21H15F2N5OS. The second-order valence-electron chi connectivity index (χ2n) is 6.32. The van der Waals surface area contributed by atoms with Crippen LogP contribution < -0.4 is 5.32 Å². The predicted octanol–water partition coefficient (Wildman–Crippen LogP) is 4.38. The van der Waals surface area contributed by atoms with E-state index in [1.54, 1.807) is 22.3 Å². The van der Waals surface area contributed by atoms with Crippen molar-refractivity contribution in [2.24, 2.45) is 0 Å². The second kappa shape index (κ2) is 8.75. The Balaban J connectivity index is 1.36. The second-order valence-corrected chi connectivity index (χ2v) is 7.17. The van der Waals surface area contributed by atoms with Crippen LogP contribution in [0.25, 0.3) is 17.3 Å². The maximum absolute atomic E-state index is 13.4. The topological polar surface area (TPSA) is 72.7 Å². The molecule has 2 aromatic carbocycles. The number of carbonyl (C=O) groups is 1. The fraction of sp³-hybridized carbons (Fsp3) is 0.0476. The van der Waals surface area contributed by atoms with Crippen molar-refractivity contribution in [1.82, 2.24) is 20.0 Å². The van der Waals surface area contributed by atoms with Gasteiger partial charge in [0.2, 0.25) is 5.91 Å². The number of hydrogen-bond donors (Lipinski definition) is 1. The normalized spacial score (nSPS) is 11.1. The van der Waals surface area contributed by atoms with E-state index < -0.39 is 17.5 Å². The lowest BCUT2D eigenvalue weighted by molar-refractivity contribution is -0.111. The van der Waals surface area contributed by atoms with Gasteiger partial charge in [0.05, 0.1) is 18.4 Å². The first kappa shape index (κ1) is 19.6. The molecule has 0 radical (unpaired) electrons. The molecule has 30 heavy (non-hydrogen) atoms. The van der Waals surface area contributed by atoms with E-state index in [-0.39, 0.29) is 0 Å². The van der Waals surface area contributed by atoms with E-state index in [2.05, 4.69) is 20.6 Å². The average molecular weight is 423 g/mol. The molecule has 6 nitrogen and oxygen atoms in total. The molecule has 150 valence electrons. The van der Waals surface area contributed by atoms with Gasteiger partial charge in [0, 0.05) is 17.0 Å². The van der Waals surface area contributed by atoms with Crippen LogP contribution in [0.2, 0.25) is 0 Å². The summed E-state index contributed by atoms with van der Waals surface area (Å²) < 4.78 is 28.1. The zero-order valence-electron chi connectivity index (χ0n) is 15.5. The molecule has 1 N–H and O–H groups in total. The van der Waals surface area contributed by atoms with Crippen molar-refractivity contribution in [2.45, 2.75) is 6.54 Å². The summed E-state index contributed by atoms with van der Waals surface area (Å²) >= 11 is 1.18. The summed E-state index contributed by atoms with van der Waals surface area (Å²) in [4.78, 5) is 16.4. The van der Waals surface area contributed by atoms with Crippen molar-refractivity contribution in [3.8, 4) is 11.3 Å². The van der Waals surface area contributed by atoms with E-state index in [9.17, 15) is 13.6 Å². The zero-order valence-corrected chi connectivity index (χ0v) is 16.3. The number of aromatic nitrogens is 4. The van der Waals surface area contributed by atoms with Crippen LogP contribution in [-0.4, -0.2) is 25.9 Å². The quantitative estimate of drug-likeness (QED) is 0.467. The third-order valence-corrected chi connectivity index (χ3v) is 4.86. The highest BCUT2D eigenvalue weighted by molar-refractivity contribution is 7.14. The van der Waals surface area contributed by atoms with Gasteiger partial charge < -0.3 is 0 Å². The Morgan fingerprint density at radius 1 is 1.13 bits per heavy atom. The smallest absolute Gasteiger partial charge is 0.250 e. The zero-order chi connectivity index (χ0) is 20.9. The number of nitrogens with zero attached hydrogens (tertiary/aromatic N) is 4. The summed E-state index contributed by atoms with van der Waals surface area (Å²) in [5.41, 5.74) is 2.51. The molecule has 4 aromatic rings. The summed E-state index contributed by atoms with van der Waals surface area (Å²) in [6.07, 6.45) is 4.62. The number of carbonyl (C=O) groups excluding carboxylic acids is 1. The number of halogens is 2. The summed E-state index contributed by atoms with van der Waals surface area (Å²) in [5.74, 6) is -2.26. The Labute approximate surface area is 174 Å². The number of hydrogen-bond acceptors (Lipinski definition) is 5. The van der Waals surface area contributed by atoms with Crippen molar-refractivity contribution in [1.29, 1.82) is 0 Å². The molecule has 0 aliphatic rings. The maximum Gasteiger partial charge on any atom is 0.250 e.